The number of piperidine rings is 1. The number of rotatable bonds is 5. The molecule has 1 atom stereocenters. The minimum absolute atomic E-state index is 0.00628. The van der Waals surface area contributed by atoms with Gasteiger partial charge in [0.15, 0.2) is 0 Å². The lowest BCUT2D eigenvalue weighted by Crippen LogP contribution is -2.38. The molecule has 0 radical (unpaired) electrons. The maximum absolute atomic E-state index is 12.3. The highest BCUT2D eigenvalue weighted by molar-refractivity contribution is 9.10. The van der Waals surface area contributed by atoms with E-state index in [2.05, 4.69) is 33.1 Å². The predicted octanol–water partition coefficient (Wildman–Crippen LogP) is 3.31. The van der Waals surface area contributed by atoms with E-state index in [1.807, 2.05) is 6.92 Å². The molecule has 1 aliphatic rings. The predicted molar refractivity (Wildman–Crippen MR) is 92.3 cm³/mol. The summed E-state index contributed by atoms with van der Waals surface area (Å²) in [5.74, 6) is 0.191. The lowest BCUT2D eigenvalue weighted by Gasteiger charge is -2.29. The van der Waals surface area contributed by atoms with Gasteiger partial charge in [-0.3, -0.25) is 4.79 Å². The normalized spacial score (nSPS) is 17.2. The standard InChI is InChI=1S/C17H25BrN2O2/c1-12-8-14(16(21)15(18)9-12)17(22)19-10-13(2)11-20-6-4-3-5-7-20/h8-9,13,21H,3-7,10-11H2,1-2H3,(H,19,22). The molecular weight excluding hydrogens is 344 g/mol. The van der Waals surface area contributed by atoms with Gasteiger partial charge in [0.1, 0.15) is 5.75 Å². The number of phenolic OH excluding ortho intramolecular Hbond substituents is 1. The number of phenols is 1. The lowest BCUT2D eigenvalue weighted by molar-refractivity contribution is 0.0939. The number of amides is 1. The van der Waals surface area contributed by atoms with Gasteiger partial charge in [-0.25, -0.2) is 0 Å². The van der Waals surface area contributed by atoms with Crippen LogP contribution in [-0.4, -0.2) is 42.1 Å². The summed E-state index contributed by atoms with van der Waals surface area (Å²) in [6.45, 7) is 8.04. The van der Waals surface area contributed by atoms with Gasteiger partial charge in [-0.1, -0.05) is 13.3 Å². The number of carbonyl (C=O) groups excluding carboxylic acids is 1. The number of halogens is 1. The van der Waals surface area contributed by atoms with E-state index in [1.165, 1.54) is 32.4 Å². The van der Waals surface area contributed by atoms with Crippen molar-refractivity contribution in [3.05, 3.63) is 27.7 Å². The second kappa shape index (κ2) is 7.97. The molecule has 122 valence electrons. The molecule has 2 rings (SSSR count). The zero-order valence-corrected chi connectivity index (χ0v) is 14.9. The lowest BCUT2D eigenvalue weighted by atomic mass is 10.1. The van der Waals surface area contributed by atoms with E-state index >= 15 is 0 Å². The molecule has 2 N–H and O–H groups in total. The van der Waals surface area contributed by atoms with E-state index in [1.54, 1.807) is 12.1 Å². The van der Waals surface area contributed by atoms with E-state index in [4.69, 9.17) is 0 Å². The molecule has 1 heterocycles. The Balaban J connectivity index is 1.87. The number of nitrogens with one attached hydrogen (secondary N) is 1. The van der Waals surface area contributed by atoms with Gasteiger partial charge in [-0.05, 0) is 72.4 Å². The van der Waals surface area contributed by atoms with Crippen molar-refractivity contribution < 1.29 is 9.90 Å². The SMILES string of the molecule is Cc1cc(Br)c(O)c(C(=O)NCC(C)CN2CCCCC2)c1. The van der Waals surface area contributed by atoms with Gasteiger partial charge < -0.3 is 15.3 Å². The van der Waals surface area contributed by atoms with Crippen LogP contribution in [0.2, 0.25) is 0 Å². The number of benzene rings is 1. The maximum atomic E-state index is 12.3. The van der Waals surface area contributed by atoms with Gasteiger partial charge in [0.25, 0.3) is 5.91 Å². The van der Waals surface area contributed by atoms with Gasteiger partial charge >= 0.3 is 0 Å². The molecule has 22 heavy (non-hydrogen) atoms. The Kier molecular flexibility index (Phi) is 6.26. The van der Waals surface area contributed by atoms with Crippen molar-refractivity contribution in [2.75, 3.05) is 26.2 Å². The molecule has 0 bridgehead atoms. The molecular formula is C17H25BrN2O2. The van der Waals surface area contributed by atoms with Gasteiger partial charge in [-0.2, -0.15) is 0 Å². The Bertz CT molecular complexity index is 528. The average molecular weight is 369 g/mol. The van der Waals surface area contributed by atoms with E-state index in [9.17, 15) is 9.90 Å². The Morgan fingerprint density at radius 3 is 2.73 bits per heavy atom. The topological polar surface area (TPSA) is 52.6 Å². The third-order valence-corrected chi connectivity index (χ3v) is 4.69. The van der Waals surface area contributed by atoms with Crippen LogP contribution in [0, 0.1) is 12.8 Å². The first-order chi connectivity index (χ1) is 10.5. The summed E-state index contributed by atoms with van der Waals surface area (Å²) < 4.78 is 0.555. The van der Waals surface area contributed by atoms with Gasteiger partial charge in [-0.15, -0.1) is 0 Å². The second-order valence-corrected chi connectivity index (χ2v) is 7.17. The first kappa shape index (κ1) is 17.3. The highest BCUT2D eigenvalue weighted by Crippen LogP contribution is 2.29. The molecule has 1 saturated heterocycles. The monoisotopic (exact) mass is 368 g/mol. The summed E-state index contributed by atoms with van der Waals surface area (Å²) in [7, 11) is 0. The van der Waals surface area contributed by atoms with Crippen molar-refractivity contribution in [1.29, 1.82) is 0 Å². The first-order valence-electron chi connectivity index (χ1n) is 7.97. The molecule has 1 aliphatic heterocycles. The van der Waals surface area contributed by atoms with Crippen LogP contribution >= 0.6 is 15.9 Å². The van der Waals surface area contributed by atoms with Crippen molar-refractivity contribution in [2.24, 2.45) is 5.92 Å². The molecule has 0 saturated carbocycles. The van der Waals surface area contributed by atoms with Crippen LogP contribution in [-0.2, 0) is 0 Å². The van der Waals surface area contributed by atoms with E-state index < -0.39 is 0 Å². The maximum Gasteiger partial charge on any atom is 0.255 e. The Morgan fingerprint density at radius 2 is 2.05 bits per heavy atom. The molecule has 1 unspecified atom stereocenters. The van der Waals surface area contributed by atoms with E-state index in [0.29, 0.717) is 22.5 Å². The summed E-state index contributed by atoms with van der Waals surface area (Å²) in [6, 6.07) is 3.51. The van der Waals surface area contributed by atoms with Crippen LogP contribution < -0.4 is 5.32 Å². The average Bonchev–Trinajstić information content (AvgIpc) is 2.49. The smallest absolute Gasteiger partial charge is 0.255 e. The number of aryl methyl sites for hydroxylation is 1. The van der Waals surface area contributed by atoms with Crippen molar-refractivity contribution in [3.8, 4) is 5.75 Å². The molecule has 4 nitrogen and oxygen atoms in total. The van der Waals surface area contributed by atoms with Gasteiger partial charge in [0.05, 0.1) is 10.0 Å². The molecule has 1 aromatic carbocycles. The van der Waals surface area contributed by atoms with Crippen LogP contribution in [0.25, 0.3) is 0 Å². The molecule has 1 fully saturated rings. The van der Waals surface area contributed by atoms with Crippen molar-refractivity contribution >= 4 is 21.8 Å². The van der Waals surface area contributed by atoms with Gasteiger partial charge in [0, 0.05) is 13.1 Å². The van der Waals surface area contributed by atoms with Crippen molar-refractivity contribution in [3.63, 3.8) is 0 Å². The summed E-state index contributed by atoms with van der Waals surface area (Å²) >= 11 is 3.27. The fourth-order valence-electron chi connectivity index (χ4n) is 2.92. The highest BCUT2D eigenvalue weighted by Gasteiger charge is 2.17. The van der Waals surface area contributed by atoms with Crippen LogP contribution in [0.5, 0.6) is 5.75 Å². The van der Waals surface area contributed by atoms with E-state index in [-0.39, 0.29) is 11.7 Å². The summed E-state index contributed by atoms with van der Waals surface area (Å²) in [5.41, 5.74) is 1.27. The van der Waals surface area contributed by atoms with E-state index in [0.717, 1.165) is 12.1 Å². The molecule has 1 aromatic rings. The van der Waals surface area contributed by atoms with Gasteiger partial charge in [0.2, 0.25) is 0 Å². The number of aromatic hydroxyl groups is 1. The third kappa shape index (κ3) is 4.71. The summed E-state index contributed by atoms with van der Waals surface area (Å²) in [4.78, 5) is 14.7. The fourth-order valence-corrected chi connectivity index (χ4v) is 3.49. The largest absolute Gasteiger partial charge is 0.506 e. The number of nitrogens with zero attached hydrogens (tertiary/aromatic N) is 1. The fraction of sp³-hybridized carbons (Fsp3) is 0.588. The molecule has 5 heteroatoms. The summed E-state index contributed by atoms with van der Waals surface area (Å²) in [5, 5.41) is 12.9. The Morgan fingerprint density at radius 1 is 1.36 bits per heavy atom. The third-order valence-electron chi connectivity index (χ3n) is 4.08. The van der Waals surface area contributed by atoms with Crippen LogP contribution in [0.3, 0.4) is 0 Å². The number of hydrogen-bond acceptors (Lipinski definition) is 3. The first-order valence-corrected chi connectivity index (χ1v) is 8.76. The minimum Gasteiger partial charge on any atom is -0.506 e. The number of likely N-dealkylation sites (tertiary alicyclic amines) is 1. The molecule has 0 spiro atoms. The quantitative estimate of drug-likeness (QED) is 0.837. The summed E-state index contributed by atoms with van der Waals surface area (Å²) in [6.07, 6.45) is 3.90. The van der Waals surface area contributed by atoms with Crippen LogP contribution in [0.15, 0.2) is 16.6 Å². The Labute approximate surface area is 141 Å². The molecule has 0 aromatic heterocycles. The number of carbonyl (C=O) groups is 1. The molecule has 1 amide bonds. The van der Waals surface area contributed by atoms with Crippen molar-refractivity contribution in [2.45, 2.75) is 33.1 Å². The minimum atomic E-state index is -0.215. The second-order valence-electron chi connectivity index (χ2n) is 6.32. The zero-order valence-electron chi connectivity index (χ0n) is 13.4. The highest BCUT2D eigenvalue weighted by atomic mass is 79.9. The van der Waals surface area contributed by atoms with Crippen molar-refractivity contribution in [1.82, 2.24) is 10.2 Å². The Hall–Kier alpha value is -1.07. The van der Waals surface area contributed by atoms with Crippen LogP contribution in [0.1, 0.15) is 42.1 Å². The zero-order chi connectivity index (χ0) is 16.1. The molecule has 0 aliphatic carbocycles. The van der Waals surface area contributed by atoms with Crippen LogP contribution in [0.4, 0.5) is 0 Å². The number of hydrogen-bond donors (Lipinski definition) is 2.